The highest BCUT2D eigenvalue weighted by Crippen LogP contribution is 2.17. The van der Waals surface area contributed by atoms with E-state index in [1.807, 2.05) is 19.1 Å². The summed E-state index contributed by atoms with van der Waals surface area (Å²) in [6.07, 6.45) is 0.960. The lowest BCUT2D eigenvalue weighted by atomic mass is 10.1. The fraction of sp³-hybridized carbons (Fsp3) is 0.417. The molecule has 0 aliphatic rings. The zero-order chi connectivity index (χ0) is 12.0. The third kappa shape index (κ3) is 3.79. The molecule has 0 saturated heterocycles. The minimum atomic E-state index is 0.425. The van der Waals surface area contributed by atoms with Crippen molar-refractivity contribution in [2.45, 2.75) is 13.3 Å². The minimum absolute atomic E-state index is 0.425. The van der Waals surface area contributed by atoms with Gasteiger partial charge in [0.25, 0.3) is 0 Å². The molecule has 16 heavy (non-hydrogen) atoms. The van der Waals surface area contributed by atoms with Crippen molar-refractivity contribution < 1.29 is 4.74 Å². The summed E-state index contributed by atoms with van der Waals surface area (Å²) in [5, 5.41) is 3.32. The molecule has 3 N–H and O–H groups in total. The van der Waals surface area contributed by atoms with Gasteiger partial charge in [0.2, 0.25) is 0 Å². The summed E-state index contributed by atoms with van der Waals surface area (Å²) in [4.78, 5) is 0.425. The molecule has 1 aromatic carbocycles. The summed E-state index contributed by atoms with van der Waals surface area (Å²) < 4.78 is 4.99. The first-order valence-corrected chi connectivity index (χ1v) is 5.69. The van der Waals surface area contributed by atoms with Crippen molar-refractivity contribution in [3.8, 4) is 0 Å². The number of hydrogen-bond acceptors (Lipinski definition) is 3. The second-order valence-electron chi connectivity index (χ2n) is 3.69. The predicted octanol–water partition coefficient (Wildman–Crippen LogP) is 2.08. The fourth-order valence-electron chi connectivity index (χ4n) is 1.46. The minimum Gasteiger partial charge on any atom is -0.389 e. The summed E-state index contributed by atoms with van der Waals surface area (Å²) in [5.74, 6) is 0. The first-order valence-electron chi connectivity index (χ1n) is 5.28. The monoisotopic (exact) mass is 238 g/mol. The van der Waals surface area contributed by atoms with E-state index in [2.05, 4.69) is 11.4 Å². The Bertz CT molecular complexity index is 366. The third-order valence-corrected chi connectivity index (χ3v) is 2.50. The molecule has 0 atom stereocenters. The Morgan fingerprint density at radius 3 is 2.88 bits per heavy atom. The Hall–Kier alpha value is -1.13. The first-order chi connectivity index (χ1) is 7.65. The summed E-state index contributed by atoms with van der Waals surface area (Å²) in [6.45, 7) is 3.65. The van der Waals surface area contributed by atoms with Gasteiger partial charge in [0.1, 0.15) is 4.99 Å². The smallest absolute Gasteiger partial charge is 0.106 e. The van der Waals surface area contributed by atoms with Gasteiger partial charge in [-0.3, -0.25) is 0 Å². The average Bonchev–Trinajstić information content (AvgIpc) is 2.24. The molecule has 3 nitrogen and oxygen atoms in total. The van der Waals surface area contributed by atoms with E-state index >= 15 is 0 Å². The molecule has 4 heteroatoms. The quantitative estimate of drug-likeness (QED) is 0.588. The van der Waals surface area contributed by atoms with Crippen LogP contribution in [0.3, 0.4) is 0 Å². The highest BCUT2D eigenvalue weighted by Gasteiger charge is 2.04. The van der Waals surface area contributed by atoms with E-state index in [-0.39, 0.29) is 0 Å². The van der Waals surface area contributed by atoms with Crippen molar-refractivity contribution in [3.05, 3.63) is 29.3 Å². The van der Waals surface area contributed by atoms with Crippen molar-refractivity contribution >= 4 is 22.9 Å². The maximum absolute atomic E-state index is 5.66. The van der Waals surface area contributed by atoms with E-state index in [1.165, 1.54) is 5.56 Å². The molecule has 1 aromatic rings. The van der Waals surface area contributed by atoms with Gasteiger partial charge in [0.15, 0.2) is 0 Å². The topological polar surface area (TPSA) is 47.3 Å². The molecule has 0 heterocycles. The molecule has 1 rings (SSSR count). The van der Waals surface area contributed by atoms with Gasteiger partial charge in [-0.25, -0.2) is 0 Å². The summed E-state index contributed by atoms with van der Waals surface area (Å²) >= 11 is 5.01. The number of benzene rings is 1. The summed E-state index contributed by atoms with van der Waals surface area (Å²) in [6, 6.07) is 6.02. The van der Waals surface area contributed by atoms with Crippen LogP contribution in [0.2, 0.25) is 0 Å². The molecular weight excluding hydrogens is 220 g/mol. The van der Waals surface area contributed by atoms with E-state index < -0.39 is 0 Å². The van der Waals surface area contributed by atoms with E-state index in [0.717, 1.165) is 30.8 Å². The number of methoxy groups -OCH3 is 1. The Kier molecular flexibility index (Phi) is 5.22. The maximum Gasteiger partial charge on any atom is 0.106 e. The third-order valence-electron chi connectivity index (χ3n) is 2.28. The van der Waals surface area contributed by atoms with E-state index in [0.29, 0.717) is 4.99 Å². The molecule has 0 radical (unpaired) electrons. The van der Waals surface area contributed by atoms with Crippen molar-refractivity contribution in [3.63, 3.8) is 0 Å². The molecule has 0 aliphatic carbocycles. The SMILES string of the molecule is COCCCNc1cc(C)ccc1C(N)=S. The second-order valence-corrected chi connectivity index (χ2v) is 4.13. The molecule has 88 valence electrons. The molecule has 0 amide bonds. The van der Waals surface area contributed by atoms with Gasteiger partial charge in [0.05, 0.1) is 0 Å². The Balaban J connectivity index is 2.68. The van der Waals surface area contributed by atoms with E-state index in [1.54, 1.807) is 7.11 Å². The Morgan fingerprint density at radius 1 is 1.50 bits per heavy atom. The van der Waals surface area contributed by atoms with Crippen LogP contribution in [0.1, 0.15) is 17.5 Å². The molecule has 0 aliphatic heterocycles. The Morgan fingerprint density at radius 2 is 2.25 bits per heavy atom. The number of thiocarbonyl (C=S) groups is 1. The van der Waals surface area contributed by atoms with Gasteiger partial charge < -0.3 is 15.8 Å². The van der Waals surface area contributed by atoms with E-state index in [9.17, 15) is 0 Å². The Labute approximate surface area is 102 Å². The molecule has 0 unspecified atom stereocenters. The van der Waals surface area contributed by atoms with Gasteiger partial charge in [0, 0.05) is 31.5 Å². The van der Waals surface area contributed by atoms with Gasteiger partial charge in [-0.15, -0.1) is 0 Å². The molecule has 0 spiro atoms. The maximum atomic E-state index is 5.66. The normalized spacial score (nSPS) is 10.1. The highest BCUT2D eigenvalue weighted by atomic mass is 32.1. The van der Waals surface area contributed by atoms with Crippen molar-refractivity contribution in [1.29, 1.82) is 0 Å². The first kappa shape index (κ1) is 12.9. The zero-order valence-electron chi connectivity index (χ0n) is 9.75. The average molecular weight is 238 g/mol. The summed E-state index contributed by atoms with van der Waals surface area (Å²) in [5.41, 5.74) is 8.76. The van der Waals surface area contributed by atoms with Crippen LogP contribution in [0.15, 0.2) is 18.2 Å². The van der Waals surface area contributed by atoms with Crippen LogP contribution < -0.4 is 11.1 Å². The summed E-state index contributed by atoms with van der Waals surface area (Å²) in [7, 11) is 1.70. The molecule has 0 saturated carbocycles. The molecule has 0 fully saturated rings. The fourth-order valence-corrected chi connectivity index (χ4v) is 1.64. The largest absolute Gasteiger partial charge is 0.389 e. The van der Waals surface area contributed by atoms with Crippen LogP contribution in [-0.2, 0) is 4.74 Å². The number of nitrogens with one attached hydrogen (secondary N) is 1. The van der Waals surface area contributed by atoms with Gasteiger partial charge in [-0.2, -0.15) is 0 Å². The van der Waals surface area contributed by atoms with Gasteiger partial charge >= 0.3 is 0 Å². The predicted molar refractivity (Wildman–Crippen MR) is 72.0 cm³/mol. The van der Waals surface area contributed by atoms with Crippen molar-refractivity contribution in [2.24, 2.45) is 5.73 Å². The standard InChI is InChI=1S/C12H18N2OS/c1-9-4-5-10(12(13)16)11(8-9)14-6-3-7-15-2/h4-5,8,14H,3,6-7H2,1-2H3,(H2,13,16). The van der Waals surface area contributed by atoms with Crippen LogP contribution >= 0.6 is 12.2 Å². The molecule has 0 aromatic heterocycles. The van der Waals surface area contributed by atoms with Crippen molar-refractivity contribution in [2.75, 3.05) is 25.6 Å². The van der Waals surface area contributed by atoms with Gasteiger partial charge in [-0.05, 0) is 31.0 Å². The second kappa shape index (κ2) is 6.45. The lowest BCUT2D eigenvalue weighted by Crippen LogP contribution is -2.14. The van der Waals surface area contributed by atoms with E-state index in [4.69, 9.17) is 22.7 Å². The molecule has 0 bridgehead atoms. The van der Waals surface area contributed by atoms with Gasteiger partial charge in [-0.1, -0.05) is 18.3 Å². The number of anilines is 1. The highest BCUT2D eigenvalue weighted by molar-refractivity contribution is 7.80. The lowest BCUT2D eigenvalue weighted by Gasteiger charge is -2.11. The van der Waals surface area contributed by atoms with Crippen LogP contribution in [0.25, 0.3) is 0 Å². The van der Waals surface area contributed by atoms with Crippen molar-refractivity contribution in [1.82, 2.24) is 0 Å². The van der Waals surface area contributed by atoms with Crippen LogP contribution in [0.5, 0.6) is 0 Å². The lowest BCUT2D eigenvalue weighted by molar-refractivity contribution is 0.198. The van der Waals surface area contributed by atoms with Crippen LogP contribution in [-0.4, -0.2) is 25.2 Å². The zero-order valence-corrected chi connectivity index (χ0v) is 10.6. The number of rotatable bonds is 6. The molecular formula is C12H18N2OS. The number of aryl methyl sites for hydroxylation is 1. The number of ether oxygens (including phenoxy) is 1. The van der Waals surface area contributed by atoms with Crippen LogP contribution in [0, 0.1) is 6.92 Å². The number of hydrogen-bond donors (Lipinski definition) is 2. The van der Waals surface area contributed by atoms with Crippen LogP contribution in [0.4, 0.5) is 5.69 Å². The number of nitrogens with two attached hydrogens (primary N) is 1.